The first-order valence-electron chi connectivity index (χ1n) is 4.46. The average molecular weight is 350 g/mol. The summed E-state index contributed by atoms with van der Waals surface area (Å²) in [6, 6.07) is 4.45. The number of carbonyl (C=O) groups excluding carboxylic acids is 2. The number of nitrogens with one attached hydrogen (secondary N) is 1. The zero-order chi connectivity index (χ0) is 12.3. The largest absolute Gasteiger partial charge is 0.368 e. The number of rotatable bonds is 3. The van der Waals surface area contributed by atoms with Crippen LogP contribution >= 0.6 is 31.9 Å². The normalized spacial score (nSPS) is 11.9. The molecule has 16 heavy (non-hydrogen) atoms. The molecule has 1 rings (SSSR count). The van der Waals surface area contributed by atoms with Gasteiger partial charge in [0.25, 0.3) is 5.91 Å². The summed E-state index contributed by atoms with van der Waals surface area (Å²) in [5, 5.41) is 2.49. The number of hydrogen-bond donors (Lipinski definition) is 2. The van der Waals surface area contributed by atoms with Gasteiger partial charge in [-0.2, -0.15) is 0 Å². The summed E-state index contributed by atoms with van der Waals surface area (Å²) in [6.07, 6.45) is 0. The van der Waals surface area contributed by atoms with Crippen LogP contribution in [0.15, 0.2) is 27.1 Å². The summed E-state index contributed by atoms with van der Waals surface area (Å²) in [4.78, 5) is 22.5. The van der Waals surface area contributed by atoms with Crippen LogP contribution in [0.2, 0.25) is 0 Å². The lowest BCUT2D eigenvalue weighted by molar-refractivity contribution is -0.119. The predicted octanol–water partition coefficient (Wildman–Crippen LogP) is 1.82. The summed E-state index contributed by atoms with van der Waals surface area (Å²) in [5.41, 5.74) is 5.50. The van der Waals surface area contributed by atoms with Crippen molar-refractivity contribution in [2.75, 3.05) is 0 Å². The molecule has 0 bridgehead atoms. The number of carbonyl (C=O) groups is 2. The van der Waals surface area contributed by atoms with Crippen molar-refractivity contribution >= 4 is 43.7 Å². The number of primary amides is 1. The van der Waals surface area contributed by atoms with Crippen LogP contribution in [0.5, 0.6) is 0 Å². The molecule has 6 heteroatoms. The van der Waals surface area contributed by atoms with E-state index in [2.05, 4.69) is 37.2 Å². The Balaban J connectivity index is 2.84. The summed E-state index contributed by atoms with van der Waals surface area (Å²) >= 11 is 6.55. The SMILES string of the molecule is C[C@@H](NC(=O)c1cc(Br)cc(Br)c1)C(N)=O. The number of hydrogen-bond acceptors (Lipinski definition) is 2. The maximum Gasteiger partial charge on any atom is 0.251 e. The topological polar surface area (TPSA) is 72.2 Å². The van der Waals surface area contributed by atoms with E-state index < -0.39 is 11.9 Å². The van der Waals surface area contributed by atoms with Crippen molar-refractivity contribution in [2.45, 2.75) is 13.0 Å². The smallest absolute Gasteiger partial charge is 0.251 e. The van der Waals surface area contributed by atoms with E-state index in [1.165, 1.54) is 6.92 Å². The van der Waals surface area contributed by atoms with E-state index in [0.717, 1.165) is 8.95 Å². The molecule has 2 amide bonds. The standard InChI is InChI=1S/C10H10Br2N2O2/c1-5(9(13)15)14-10(16)6-2-7(11)4-8(12)3-6/h2-5H,1H3,(H2,13,15)(H,14,16)/t5-/m1/s1. The lowest BCUT2D eigenvalue weighted by atomic mass is 10.2. The van der Waals surface area contributed by atoms with Gasteiger partial charge in [0.2, 0.25) is 5.91 Å². The van der Waals surface area contributed by atoms with Gasteiger partial charge in [-0.05, 0) is 25.1 Å². The third kappa shape index (κ3) is 3.61. The van der Waals surface area contributed by atoms with Crippen LogP contribution in [0.3, 0.4) is 0 Å². The molecule has 86 valence electrons. The lowest BCUT2D eigenvalue weighted by Crippen LogP contribution is -2.42. The summed E-state index contributed by atoms with van der Waals surface area (Å²) < 4.78 is 1.55. The minimum atomic E-state index is -0.690. The molecule has 0 aliphatic carbocycles. The highest BCUT2D eigenvalue weighted by Crippen LogP contribution is 2.20. The van der Waals surface area contributed by atoms with Crippen molar-refractivity contribution in [2.24, 2.45) is 5.73 Å². The molecule has 0 aromatic heterocycles. The van der Waals surface area contributed by atoms with Crippen LogP contribution in [0.4, 0.5) is 0 Å². The molecule has 4 nitrogen and oxygen atoms in total. The van der Waals surface area contributed by atoms with Crippen LogP contribution in [-0.2, 0) is 4.79 Å². The number of halogens is 2. The molecule has 0 radical (unpaired) electrons. The number of amides is 2. The van der Waals surface area contributed by atoms with Gasteiger partial charge in [-0.3, -0.25) is 9.59 Å². The van der Waals surface area contributed by atoms with Crippen molar-refractivity contribution in [1.82, 2.24) is 5.32 Å². The number of nitrogens with two attached hydrogens (primary N) is 1. The fourth-order valence-electron chi connectivity index (χ4n) is 1.04. The van der Waals surface area contributed by atoms with Crippen molar-refractivity contribution in [1.29, 1.82) is 0 Å². The van der Waals surface area contributed by atoms with Gasteiger partial charge >= 0.3 is 0 Å². The second-order valence-electron chi connectivity index (χ2n) is 3.26. The molecule has 0 heterocycles. The predicted molar refractivity (Wildman–Crippen MR) is 68.0 cm³/mol. The fourth-order valence-corrected chi connectivity index (χ4v) is 2.33. The third-order valence-corrected chi connectivity index (χ3v) is 2.81. The Morgan fingerprint density at radius 3 is 2.19 bits per heavy atom. The van der Waals surface area contributed by atoms with Gasteiger partial charge in [-0.1, -0.05) is 31.9 Å². The van der Waals surface area contributed by atoms with E-state index in [1.54, 1.807) is 12.1 Å². The maximum atomic E-state index is 11.7. The summed E-state index contributed by atoms with van der Waals surface area (Å²) in [5.74, 6) is -0.907. The molecular weight excluding hydrogens is 340 g/mol. The summed E-state index contributed by atoms with van der Waals surface area (Å²) in [7, 11) is 0. The summed E-state index contributed by atoms with van der Waals surface area (Å²) in [6.45, 7) is 1.53. The lowest BCUT2D eigenvalue weighted by Gasteiger charge is -2.10. The van der Waals surface area contributed by atoms with Crippen LogP contribution in [-0.4, -0.2) is 17.9 Å². The molecular formula is C10H10Br2N2O2. The zero-order valence-electron chi connectivity index (χ0n) is 8.46. The molecule has 1 atom stereocenters. The van der Waals surface area contributed by atoms with Crippen LogP contribution < -0.4 is 11.1 Å². The van der Waals surface area contributed by atoms with E-state index in [-0.39, 0.29) is 5.91 Å². The average Bonchev–Trinajstić information content (AvgIpc) is 2.15. The highest BCUT2D eigenvalue weighted by molar-refractivity contribution is 9.11. The molecule has 0 saturated carbocycles. The molecule has 0 fully saturated rings. The minimum absolute atomic E-state index is 0.340. The van der Waals surface area contributed by atoms with E-state index >= 15 is 0 Å². The van der Waals surface area contributed by atoms with Gasteiger partial charge in [-0.15, -0.1) is 0 Å². The Kier molecular flexibility index (Phi) is 4.49. The Morgan fingerprint density at radius 1 is 1.25 bits per heavy atom. The van der Waals surface area contributed by atoms with Crippen LogP contribution in [0.25, 0.3) is 0 Å². The second kappa shape index (κ2) is 5.45. The van der Waals surface area contributed by atoms with Crippen molar-refractivity contribution in [3.8, 4) is 0 Å². The second-order valence-corrected chi connectivity index (χ2v) is 5.09. The Labute approximate surface area is 110 Å². The third-order valence-electron chi connectivity index (χ3n) is 1.90. The molecule has 0 aliphatic heterocycles. The van der Waals surface area contributed by atoms with Gasteiger partial charge in [-0.25, -0.2) is 0 Å². The Bertz CT molecular complexity index is 415. The highest BCUT2D eigenvalue weighted by Gasteiger charge is 2.14. The molecule has 3 N–H and O–H groups in total. The van der Waals surface area contributed by atoms with Crippen LogP contribution in [0, 0.1) is 0 Å². The van der Waals surface area contributed by atoms with Crippen molar-refractivity contribution < 1.29 is 9.59 Å². The monoisotopic (exact) mass is 348 g/mol. The van der Waals surface area contributed by atoms with Crippen molar-refractivity contribution in [3.05, 3.63) is 32.7 Å². The van der Waals surface area contributed by atoms with E-state index in [4.69, 9.17) is 5.73 Å². The number of benzene rings is 1. The maximum absolute atomic E-state index is 11.7. The zero-order valence-corrected chi connectivity index (χ0v) is 11.6. The molecule has 0 aliphatic rings. The Morgan fingerprint density at radius 2 is 1.75 bits per heavy atom. The van der Waals surface area contributed by atoms with E-state index in [0.29, 0.717) is 5.56 Å². The van der Waals surface area contributed by atoms with Gasteiger partial charge in [0.05, 0.1) is 0 Å². The van der Waals surface area contributed by atoms with Gasteiger partial charge in [0, 0.05) is 14.5 Å². The highest BCUT2D eigenvalue weighted by atomic mass is 79.9. The first-order chi connectivity index (χ1) is 7.40. The molecule has 1 aromatic rings. The van der Waals surface area contributed by atoms with E-state index in [9.17, 15) is 9.59 Å². The first kappa shape index (κ1) is 13.2. The molecule has 1 aromatic carbocycles. The Hall–Kier alpha value is -0.880. The molecule has 0 saturated heterocycles. The minimum Gasteiger partial charge on any atom is -0.368 e. The quantitative estimate of drug-likeness (QED) is 0.873. The fraction of sp³-hybridized carbons (Fsp3) is 0.200. The van der Waals surface area contributed by atoms with Gasteiger partial charge in [0.15, 0.2) is 0 Å². The molecule has 0 spiro atoms. The van der Waals surface area contributed by atoms with Gasteiger partial charge < -0.3 is 11.1 Å². The van der Waals surface area contributed by atoms with Gasteiger partial charge in [0.1, 0.15) is 6.04 Å². The molecule has 0 unspecified atom stereocenters. The van der Waals surface area contributed by atoms with E-state index in [1.807, 2.05) is 6.07 Å². The van der Waals surface area contributed by atoms with Crippen LogP contribution in [0.1, 0.15) is 17.3 Å². The first-order valence-corrected chi connectivity index (χ1v) is 6.05. The van der Waals surface area contributed by atoms with Crippen molar-refractivity contribution in [3.63, 3.8) is 0 Å².